The topological polar surface area (TPSA) is 80.9 Å². The van der Waals surface area contributed by atoms with E-state index in [1.807, 2.05) is 12.1 Å². The Morgan fingerprint density at radius 3 is 0.911 bits per heavy atom. The minimum atomic E-state index is -1.34. The minimum Gasteiger partial charge on any atom is -0.694 e. The number of hydrogen-bond donors (Lipinski definition) is 4. The normalized spacial score (nSPS) is 12.5. The van der Waals surface area contributed by atoms with Gasteiger partial charge in [0.15, 0.2) is 12.6 Å². The van der Waals surface area contributed by atoms with Gasteiger partial charge in [-0.2, -0.15) is 0 Å². The first-order chi connectivity index (χ1) is 26.5. The van der Waals surface area contributed by atoms with Gasteiger partial charge in [0.25, 0.3) is 0 Å². The molecule has 2 aliphatic carbocycles. The monoisotopic (exact) mass is 906 g/mol. The molecule has 4 nitrogen and oxygen atoms in total. The van der Waals surface area contributed by atoms with Crippen molar-refractivity contribution in [2.24, 2.45) is 0 Å². The summed E-state index contributed by atoms with van der Waals surface area (Å²) in [5.41, 5.74) is 1.05. The molecule has 1 fully saturated rings. The Kier molecular flexibility index (Phi) is 22.0. The van der Waals surface area contributed by atoms with E-state index in [1.165, 1.54) is 31.8 Å². The predicted octanol–water partition coefficient (Wildman–Crippen LogP) is 7.34. The van der Waals surface area contributed by atoms with Crippen LogP contribution in [0.4, 0.5) is 0 Å². The molecule has 0 atom stereocenters. The van der Waals surface area contributed by atoms with Crippen LogP contribution in [0.1, 0.15) is 23.7 Å². The first-order valence-corrected chi connectivity index (χ1v) is 20.7. The van der Waals surface area contributed by atoms with E-state index in [0.29, 0.717) is 11.1 Å². The van der Waals surface area contributed by atoms with Gasteiger partial charge >= 0.3 is 0 Å². The van der Waals surface area contributed by atoms with Gasteiger partial charge in [0, 0.05) is 47.7 Å². The van der Waals surface area contributed by atoms with E-state index in [1.54, 1.807) is 48.5 Å². The van der Waals surface area contributed by atoms with Crippen LogP contribution in [-0.2, 0) is 36.5 Å². The summed E-state index contributed by atoms with van der Waals surface area (Å²) in [7, 11) is -1.67. The Labute approximate surface area is 357 Å². The summed E-state index contributed by atoms with van der Waals surface area (Å²) in [4.78, 5) is 0. The van der Waals surface area contributed by atoms with Crippen LogP contribution in [0.25, 0.3) is 0 Å². The van der Waals surface area contributed by atoms with Crippen molar-refractivity contribution in [3.63, 3.8) is 0 Å². The third kappa shape index (κ3) is 15.0. The van der Waals surface area contributed by atoms with Crippen LogP contribution >= 0.6 is 15.1 Å². The molecule has 0 bridgehead atoms. The molecule has 0 saturated heterocycles. The Balaban J connectivity index is 0.000000208. The second kappa shape index (κ2) is 26.3. The summed E-state index contributed by atoms with van der Waals surface area (Å²) in [6.45, 7) is 0. The van der Waals surface area contributed by atoms with Crippen LogP contribution in [0, 0.1) is 25.7 Å². The molecule has 0 amide bonds. The second-order valence-electron chi connectivity index (χ2n) is 12.1. The number of aliphatic hydroxyl groups excluding tert-OH is 2. The van der Waals surface area contributed by atoms with Gasteiger partial charge in [-0.05, 0) is 26.5 Å². The first kappa shape index (κ1) is 46.8. The van der Waals surface area contributed by atoms with Crippen LogP contribution in [0.5, 0.6) is 0 Å². The fraction of sp³-hybridized carbons (Fsp3) is 0.0417. The number of hydrogen-bond acceptors (Lipinski definition) is 4. The quantitative estimate of drug-likeness (QED) is 0.0611. The molecule has 0 unspecified atom stereocenters. The van der Waals surface area contributed by atoms with E-state index in [-0.39, 0.29) is 36.5 Å². The first-order valence-electron chi connectivity index (χ1n) is 17.7. The SMILES string of the molecule is C1=CC(=[PH](c2ccccc2)c2ccccc2)C=C1.OC(O)c1ccccc1.OC(O)c1ccccc1.[Fe].[Ru].c1ccc([PH](=C2[CH-][CH-][CH-][CH-]2)c2ccccc2)cc1. The molecule has 0 aliphatic heterocycles. The van der Waals surface area contributed by atoms with Gasteiger partial charge in [0.05, 0.1) is 0 Å². The van der Waals surface area contributed by atoms with Crippen LogP contribution in [0.15, 0.2) is 206 Å². The summed E-state index contributed by atoms with van der Waals surface area (Å²) in [6, 6.07) is 60.6. The average molecular weight is 906 g/mol. The van der Waals surface area contributed by atoms with Crippen molar-refractivity contribution in [3.05, 3.63) is 243 Å². The molecule has 4 N–H and O–H groups in total. The van der Waals surface area contributed by atoms with E-state index < -0.39 is 27.7 Å². The maximum atomic E-state index is 8.58. The van der Waals surface area contributed by atoms with Crippen LogP contribution < -0.4 is 21.2 Å². The molecule has 6 aromatic carbocycles. The average Bonchev–Trinajstić information content (AvgIpc) is 3.98. The zero-order chi connectivity index (χ0) is 37.8. The summed E-state index contributed by atoms with van der Waals surface area (Å²) >= 11 is 0. The molecule has 0 heterocycles. The van der Waals surface area contributed by atoms with E-state index in [4.69, 9.17) is 20.4 Å². The van der Waals surface area contributed by atoms with E-state index in [9.17, 15) is 0 Å². The molecule has 0 radical (unpaired) electrons. The molecule has 0 spiro atoms. The van der Waals surface area contributed by atoms with Gasteiger partial charge in [-0.3, -0.25) is 0 Å². The second-order valence-corrected chi connectivity index (χ2v) is 17.1. The predicted molar refractivity (Wildman–Crippen MR) is 234 cm³/mol. The van der Waals surface area contributed by atoms with Crippen molar-refractivity contribution in [2.45, 2.75) is 12.6 Å². The van der Waals surface area contributed by atoms with Gasteiger partial charge in [0.1, 0.15) is 0 Å². The Morgan fingerprint density at radius 1 is 0.375 bits per heavy atom. The molecular formula is C48H46FeO4P2Ru-4. The summed E-state index contributed by atoms with van der Waals surface area (Å²) in [5.74, 6) is 0. The van der Waals surface area contributed by atoms with Crippen LogP contribution in [0.3, 0.4) is 0 Å². The third-order valence-corrected chi connectivity index (χ3v) is 13.8. The number of rotatable bonds is 6. The molecule has 6 aromatic rings. The van der Waals surface area contributed by atoms with Crippen molar-refractivity contribution in [1.29, 1.82) is 0 Å². The van der Waals surface area contributed by atoms with Crippen molar-refractivity contribution in [2.75, 3.05) is 0 Å². The largest absolute Gasteiger partial charge is 0.694 e. The van der Waals surface area contributed by atoms with Crippen molar-refractivity contribution >= 4 is 46.9 Å². The van der Waals surface area contributed by atoms with Gasteiger partial charge in [-0.25, -0.2) is 0 Å². The minimum absolute atomic E-state index is 0. The maximum Gasteiger partial charge on any atom is 0.178 e. The van der Waals surface area contributed by atoms with E-state index in [2.05, 4.69) is 171 Å². The van der Waals surface area contributed by atoms with Gasteiger partial charge in [-0.15, -0.1) is 7.55 Å². The summed E-state index contributed by atoms with van der Waals surface area (Å²) in [6.07, 6.45) is 14.8. The molecule has 292 valence electrons. The Bertz CT molecular complexity index is 1950. The van der Waals surface area contributed by atoms with Crippen molar-refractivity contribution in [1.82, 2.24) is 0 Å². The maximum absolute atomic E-state index is 8.58. The third-order valence-electron chi connectivity index (χ3n) is 8.35. The number of benzene rings is 6. The zero-order valence-electron chi connectivity index (χ0n) is 30.6. The molecule has 0 aromatic heterocycles. The smallest absolute Gasteiger partial charge is 0.178 e. The standard InChI is InChI=1S/2C17H15P.2C7H8O2.Fe.Ru/c2*1-3-9-15(10-4-1)18(17-13-7-8-14-17)16-11-5-2-6-12-16;2*8-7(9)6-4-2-1-3-5-6;;/h2*1-14,18H;2*1-5,7-9H;;/q;-4;;;;. The zero-order valence-corrected chi connectivity index (χ0v) is 35.4. The van der Waals surface area contributed by atoms with Crippen molar-refractivity contribution < 1.29 is 57.0 Å². The van der Waals surface area contributed by atoms with E-state index in [0.717, 1.165) is 0 Å². The molecule has 2 aliphatic rings. The molecule has 1 saturated carbocycles. The number of aliphatic hydroxyl groups is 4. The fourth-order valence-electron chi connectivity index (χ4n) is 5.75. The summed E-state index contributed by atoms with van der Waals surface area (Å²) < 4.78 is 0. The van der Waals surface area contributed by atoms with Crippen molar-refractivity contribution in [3.8, 4) is 0 Å². The van der Waals surface area contributed by atoms with E-state index >= 15 is 0 Å². The number of allylic oxidation sites excluding steroid dienone is 4. The van der Waals surface area contributed by atoms with Gasteiger partial charge < -0.3 is 51.4 Å². The molecule has 8 heteroatoms. The van der Waals surface area contributed by atoms with Gasteiger partial charge in [-0.1, -0.05) is 214 Å². The Hall–Kier alpha value is -3.62. The Morgan fingerprint density at radius 2 is 0.643 bits per heavy atom. The van der Waals surface area contributed by atoms with Crippen LogP contribution in [0.2, 0.25) is 0 Å². The van der Waals surface area contributed by atoms with Gasteiger partial charge in [0.2, 0.25) is 0 Å². The molecule has 8 rings (SSSR count). The fourth-order valence-corrected chi connectivity index (χ4v) is 10.9. The summed E-state index contributed by atoms with van der Waals surface area (Å²) in [5, 5.41) is 43.0. The molecular weight excluding hydrogens is 859 g/mol. The molecule has 56 heavy (non-hydrogen) atoms. The van der Waals surface area contributed by atoms with Crippen LogP contribution in [-0.4, -0.2) is 31.0 Å².